The van der Waals surface area contributed by atoms with Crippen LogP contribution in [-0.4, -0.2) is 41.9 Å². The van der Waals surface area contributed by atoms with Crippen molar-refractivity contribution in [2.45, 2.75) is 12.1 Å². The Morgan fingerprint density at radius 2 is 1.72 bits per heavy atom. The monoisotopic (exact) mass is 245 g/mol. The predicted octanol–water partition coefficient (Wildman–Crippen LogP) is 0.161. The fraction of sp³-hybridized carbons (Fsp3) is 0.385. The largest absolute Gasteiger partial charge is 0.284 e. The Morgan fingerprint density at radius 1 is 1.06 bits per heavy atom. The van der Waals surface area contributed by atoms with E-state index in [0.717, 1.165) is 5.56 Å². The SMILES string of the molecule is CN1C(=O)C2C(c3ccccc3)NN(C)C2C1=O. The van der Waals surface area contributed by atoms with E-state index in [4.69, 9.17) is 0 Å². The summed E-state index contributed by atoms with van der Waals surface area (Å²) < 4.78 is 0. The molecule has 2 fully saturated rings. The zero-order valence-corrected chi connectivity index (χ0v) is 10.3. The summed E-state index contributed by atoms with van der Waals surface area (Å²) in [6.07, 6.45) is 0. The number of imide groups is 1. The Morgan fingerprint density at radius 3 is 2.39 bits per heavy atom. The van der Waals surface area contributed by atoms with Crippen LogP contribution in [0.15, 0.2) is 30.3 Å². The van der Waals surface area contributed by atoms with Gasteiger partial charge in [-0.2, -0.15) is 0 Å². The number of likely N-dealkylation sites (tertiary alicyclic amines) is 1. The van der Waals surface area contributed by atoms with E-state index in [-0.39, 0.29) is 29.8 Å². The van der Waals surface area contributed by atoms with Crippen LogP contribution in [0.3, 0.4) is 0 Å². The molecular formula is C13H15N3O2. The maximum Gasteiger partial charge on any atom is 0.248 e. The minimum atomic E-state index is -0.382. The van der Waals surface area contributed by atoms with Crippen molar-refractivity contribution in [1.82, 2.24) is 15.3 Å². The third-order valence-corrected chi connectivity index (χ3v) is 3.82. The molecule has 18 heavy (non-hydrogen) atoms. The Kier molecular flexibility index (Phi) is 2.46. The van der Waals surface area contributed by atoms with Crippen molar-refractivity contribution in [2.75, 3.05) is 14.1 Å². The van der Waals surface area contributed by atoms with Crippen molar-refractivity contribution < 1.29 is 9.59 Å². The van der Waals surface area contributed by atoms with E-state index in [2.05, 4.69) is 5.43 Å². The van der Waals surface area contributed by atoms with E-state index in [1.54, 1.807) is 12.1 Å². The molecule has 0 spiro atoms. The van der Waals surface area contributed by atoms with Crippen LogP contribution in [0.5, 0.6) is 0 Å². The van der Waals surface area contributed by atoms with Gasteiger partial charge in [-0.3, -0.25) is 14.5 Å². The molecule has 3 atom stereocenters. The smallest absolute Gasteiger partial charge is 0.248 e. The van der Waals surface area contributed by atoms with E-state index in [9.17, 15) is 9.59 Å². The second-order valence-corrected chi connectivity index (χ2v) is 4.83. The number of likely N-dealkylation sites (N-methyl/N-ethyl adjacent to an activating group) is 2. The number of amides is 2. The summed E-state index contributed by atoms with van der Waals surface area (Å²) >= 11 is 0. The van der Waals surface area contributed by atoms with Crippen LogP contribution in [0.25, 0.3) is 0 Å². The van der Waals surface area contributed by atoms with Gasteiger partial charge in [-0.25, -0.2) is 10.4 Å². The summed E-state index contributed by atoms with van der Waals surface area (Å²) in [7, 11) is 3.36. The molecule has 2 saturated heterocycles. The number of hydrogen-bond acceptors (Lipinski definition) is 4. The summed E-state index contributed by atoms with van der Waals surface area (Å²) in [5.41, 5.74) is 4.25. The summed E-state index contributed by atoms with van der Waals surface area (Å²) in [6.45, 7) is 0. The lowest BCUT2D eigenvalue weighted by molar-refractivity contribution is -0.139. The van der Waals surface area contributed by atoms with Crippen molar-refractivity contribution >= 4 is 11.8 Å². The number of hydrazine groups is 1. The molecule has 2 aliphatic heterocycles. The van der Waals surface area contributed by atoms with Gasteiger partial charge in [-0.1, -0.05) is 30.3 Å². The first-order valence-electron chi connectivity index (χ1n) is 5.96. The molecule has 2 aliphatic rings. The minimum Gasteiger partial charge on any atom is -0.284 e. The van der Waals surface area contributed by atoms with Gasteiger partial charge in [-0.05, 0) is 5.56 Å². The standard InChI is InChI=1S/C13H15N3O2/c1-15-12(17)9-10(8-6-4-3-5-7-8)14-16(2)11(9)13(15)18/h3-7,9-11,14H,1-2H3. The second-order valence-electron chi connectivity index (χ2n) is 4.83. The average Bonchev–Trinajstić information content (AvgIpc) is 2.84. The van der Waals surface area contributed by atoms with Crippen molar-refractivity contribution in [3.8, 4) is 0 Å². The van der Waals surface area contributed by atoms with E-state index in [0.29, 0.717) is 0 Å². The zero-order valence-electron chi connectivity index (χ0n) is 10.3. The number of hydrogen-bond donors (Lipinski definition) is 1. The van der Waals surface area contributed by atoms with E-state index in [1.165, 1.54) is 4.90 Å². The van der Waals surface area contributed by atoms with Crippen LogP contribution < -0.4 is 5.43 Å². The van der Waals surface area contributed by atoms with E-state index in [1.807, 2.05) is 37.4 Å². The molecular weight excluding hydrogens is 230 g/mol. The first-order valence-corrected chi connectivity index (χ1v) is 5.96. The van der Waals surface area contributed by atoms with Crippen LogP contribution in [0.1, 0.15) is 11.6 Å². The molecule has 0 bridgehead atoms. The maximum absolute atomic E-state index is 12.2. The highest BCUT2D eigenvalue weighted by molar-refractivity contribution is 6.07. The lowest BCUT2D eigenvalue weighted by Gasteiger charge is -2.19. The quantitative estimate of drug-likeness (QED) is 0.716. The highest BCUT2D eigenvalue weighted by Gasteiger charge is 2.56. The maximum atomic E-state index is 12.2. The lowest BCUT2D eigenvalue weighted by atomic mass is 9.91. The van der Waals surface area contributed by atoms with Crippen molar-refractivity contribution in [3.05, 3.63) is 35.9 Å². The molecule has 2 heterocycles. The third-order valence-electron chi connectivity index (χ3n) is 3.82. The Bertz CT molecular complexity index is 502. The lowest BCUT2D eigenvalue weighted by Crippen LogP contribution is -2.41. The molecule has 0 aliphatic carbocycles. The van der Waals surface area contributed by atoms with Crippen molar-refractivity contribution in [1.29, 1.82) is 0 Å². The first-order chi connectivity index (χ1) is 8.61. The highest BCUT2D eigenvalue weighted by atomic mass is 16.2. The molecule has 94 valence electrons. The molecule has 1 aromatic rings. The topological polar surface area (TPSA) is 52.7 Å². The number of nitrogens with one attached hydrogen (secondary N) is 1. The number of benzene rings is 1. The zero-order chi connectivity index (χ0) is 12.9. The number of carbonyl (C=O) groups is 2. The van der Waals surface area contributed by atoms with Gasteiger partial charge in [-0.15, -0.1) is 0 Å². The molecule has 1 N–H and O–H groups in total. The van der Waals surface area contributed by atoms with Crippen LogP contribution in [0, 0.1) is 5.92 Å². The van der Waals surface area contributed by atoms with Gasteiger partial charge in [0.1, 0.15) is 6.04 Å². The fourth-order valence-corrected chi connectivity index (χ4v) is 2.87. The second kappa shape index (κ2) is 3.90. The third kappa shape index (κ3) is 1.41. The molecule has 3 rings (SSSR count). The predicted molar refractivity (Wildman–Crippen MR) is 65.1 cm³/mol. The van der Waals surface area contributed by atoms with Crippen LogP contribution in [-0.2, 0) is 9.59 Å². The fourth-order valence-electron chi connectivity index (χ4n) is 2.87. The van der Waals surface area contributed by atoms with Gasteiger partial charge < -0.3 is 0 Å². The molecule has 5 heteroatoms. The number of rotatable bonds is 1. The van der Waals surface area contributed by atoms with E-state index < -0.39 is 0 Å². The van der Waals surface area contributed by atoms with Crippen LogP contribution in [0.2, 0.25) is 0 Å². The Labute approximate surface area is 105 Å². The summed E-state index contributed by atoms with van der Waals surface area (Å²) in [4.78, 5) is 25.4. The van der Waals surface area contributed by atoms with Crippen molar-refractivity contribution in [2.24, 2.45) is 5.92 Å². The molecule has 0 aromatic heterocycles. The average molecular weight is 245 g/mol. The van der Waals surface area contributed by atoms with E-state index >= 15 is 0 Å². The molecule has 5 nitrogen and oxygen atoms in total. The number of carbonyl (C=O) groups excluding carboxylic acids is 2. The van der Waals surface area contributed by atoms with Gasteiger partial charge >= 0.3 is 0 Å². The first kappa shape index (κ1) is 11.4. The minimum absolute atomic E-state index is 0.101. The molecule has 1 aromatic carbocycles. The summed E-state index contributed by atoms with van der Waals surface area (Å²) in [5.74, 6) is -0.552. The van der Waals surface area contributed by atoms with Crippen LogP contribution >= 0.6 is 0 Å². The number of nitrogens with zero attached hydrogens (tertiary/aromatic N) is 2. The molecule has 3 unspecified atom stereocenters. The van der Waals surface area contributed by atoms with Crippen LogP contribution in [0.4, 0.5) is 0 Å². The van der Waals surface area contributed by atoms with Gasteiger partial charge in [0, 0.05) is 14.1 Å². The summed E-state index contributed by atoms with van der Waals surface area (Å²) in [6, 6.07) is 9.27. The van der Waals surface area contributed by atoms with Crippen molar-refractivity contribution in [3.63, 3.8) is 0 Å². The molecule has 2 amide bonds. The van der Waals surface area contributed by atoms with Gasteiger partial charge in [0.15, 0.2) is 0 Å². The highest BCUT2D eigenvalue weighted by Crippen LogP contribution is 2.38. The summed E-state index contributed by atoms with van der Waals surface area (Å²) in [5, 5.41) is 1.76. The van der Waals surface area contributed by atoms with Gasteiger partial charge in [0.2, 0.25) is 11.8 Å². The number of fused-ring (bicyclic) bond motifs is 1. The van der Waals surface area contributed by atoms with Gasteiger partial charge in [0.05, 0.1) is 12.0 Å². The van der Waals surface area contributed by atoms with Gasteiger partial charge in [0.25, 0.3) is 0 Å². The molecule has 0 radical (unpaired) electrons. The Hall–Kier alpha value is -1.72. The normalized spacial score (nSPS) is 32.1. The Balaban J connectivity index is 2.00. The molecule has 0 saturated carbocycles.